The molecule has 7 heteroatoms. The van der Waals surface area contributed by atoms with Crippen molar-refractivity contribution < 1.29 is 14.3 Å². The zero-order valence-electron chi connectivity index (χ0n) is 14.5. The third-order valence-electron chi connectivity index (χ3n) is 3.43. The van der Waals surface area contributed by atoms with E-state index in [2.05, 4.69) is 20.7 Å². The minimum Gasteiger partial charge on any atom is -0.497 e. The summed E-state index contributed by atoms with van der Waals surface area (Å²) in [5.74, 6) is 0.895. The Labute approximate surface area is 141 Å². The van der Waals surface area contributed by atoms with Gasteiger partial charge in [0.1, 0.15) is 11.5 Å². The molecule has 1 amide bonds. The van der Waals surface area contributed by atoms with Crippen molar-refractivity contribution in [3.05, 3.63) is 41.2 Å². The van der Waals surface area contributed by atoms with Crippen LogP contribution in [0.1, 0.15) is 42.5 Å². The molecule has 0 radical (unpaired) electrons. The van der Waals surface area contributed by atoms with Crippen molar-refractivity contribution in [3.63, 3.8) is 0 Å². The predicted molar refractivity (Wildman–Crippen MR) is 91.9 cm³/mol. The van der Waals surface area contributed by atoms with Crippen LogP contribution in [0.25, 0.3) is 0 Å². The number of ether oxygens (including phenoxy) is 2. The summed E-state index contributed by atoms with van der Waals surface area (Å²) in [6, 6.07) is 7.04. The van der Waals surface area contributed by atoms with Gasteiger partial charge in [-0.2, -0.15) is 10.2 Å². The van der Waals surface area contributed by atoms with Gasteiger partial charge in [0.05, 0.1) is 20.4 Å². The van der Waals surface area contributed by atoms with Gasteiger partial charge in [0.2, 0.25) is 0 Å². The first kappa shape index (κ1) is 17.5. The fourth-order valence-electron chi connectivity index (χ4n) is 1.97. The van der Waals surface area contributed by atoms with Gasteiger partial charge in [-0.3, -0.25) is 9.89 Å². The maximum atomic E-state index is 12.1. The lowest BCUT2D eigenvalue weighted by Gasteiger charge is -2.14. The number of hydrazone groups is 1. The third kappa shape index (κ3) is 4.13. The lowest BCUT2D eigenvalue weighted by molar-refractivity contribution is 0.0950. The molecule has 7 nitrogen and oxygen atoms in total. The van der Waals surface area contributed by atoms with E-state index in [1.165, 1.54) is 6.21 Å². The maximum absolute atomic E-state index is 12.1. The van der Waals surface area contributed by atoms with Crippen LogP contribution in [0.4, 0.5) is 0 Å². The molecule has 128 valence electrons. The van der Waals surface area contributed by atoms with Crippen LogP contribution in [-0.2, 0) is 5.41 Å². The second-order valence-electron chi connectivity index (χ2n) is 6.22. The van der Waals surface area contributed by atoms with E-state index < -0.39 is 0 Å². The summed E-state index contributed by atoms with van der Waals surface area (Å²) in [5, 5.41) is 10.8. The Morgan fingerprint density at radius 2 is 2.00 bits per heavy atom. The summed E-state index contributed by atoms with van der Waals surface area (Å²) in [6.45, 7) is 6.11. The summed E-state index contributed by atoms with van der Waals surface area (Å²) in [4.78, 5) is 12.1. The minimum atomic E-state index is -0.384. The van der Waals surface area contributed by atoms with Crippen LogP contribution in [0, 0.1) is 0 Å². The topological polar surface area (TPSA) is 88.6 Å². The predicted octanol–water partition coefficient (Wildman–Crippen LogP) is 2.49. The second kappa shape index (κ2) is 7.16. The molecule has 2 N–H and O–H groups in total. The van der Waals surface area contributed by atoms with E-state index in [0.29, 0.717) is 17.2 Å². The number of aromatic nitrogens is 2. The lowest BCUT2D eigenvalue weighted by Crippen LogP contribution is -2.18. The molecule has 2 rings (SSSR count). The van der Waals surface area contributed by atoms with Gasteiger partial charge in [-0.25, -0.2) is 5.43 Å². The smallest absolute Gasteiger partial charge is 0.291 e. The molecule has 0 aliphatic carbocycles. The highest BCUT2D eigenvalue weighted by Gasteiger charge is 2.19. The molecule has 0 saturated carbocycles. The molecule has 0 bridgehead atoms. The van der Waals surface area contributed by atoms with Gasteiger partial charge in [0.25, 0.3) is 5.91 Å². The highest BCUT2D eigenvalue weighted by Crippen LogP contribution is 2.23. The SMILES string of the molecule is COc1ccc(/C=N/NC(=O)c2cc(C(C)(C)C)[nH]n2)c(OC)c1. The van der Waals surface area contributed by atoms with Crippen molar-refractivity contribution in [1.29, 1.82) is 0 Å². The van der Waals surface area contributed by atoms with Gasteiger partial charge in [-0.1, -0.05) is 20.8 Å². The first-order chi connectivity index (χ1) is 11.3. The summed E-state index contributed by atoms with van der Waals surface area (Å²) < 4.78 is 10.4. The molecule has 0 spiro atoms. The Kier molecular flexibility index (Phi) is 5.23. The van der Waals surface area contributed by atoms with Crippen LogP contribution in [0.15, 0.2) is 29.4 Å². The molecule has 0 saturated heterocycles. The van der Waals surface area contributed by atoms with Gasteiger partial charge in [0.15, 0.2) is 5.69 Å². The summed E-state index contributed by atoms with van der Waals surface area (Å²) in [7, 11) is 3.14. The average molecular weight is 330 g/mol. The quantitative estimate of drug-likeness (QED) is 0.651. The van der Waals surface area contributed by atoms with E-state index in [4.69, 9.17) is 9.47 Å². The molecule has 0 atom stereocenters. The number of carbonyl (C=O) groups excluding carboxylic acids is 1. The van der Waals surface area contributed by atoms with Crippen molar-refractivity contribution in [1.82, 2.24) is 15.6 Å². The fourth-order valence-corrected chi connectivity index (χ4v) is 1.97. The summed E-state index contributed by atoms with van der Waals surface area (Å²) in [6.07, 6.45) is 1.51. The van der Waals surface area contributed by atoms with Crippen LogP contribution in [0.5, 0.6) is 11.5 Å². The Hall–Kier alpha value is -2.83. The number of carbonyl (C=O) groups is 1. The molecule has 1 aromatic carbocycles. The van der Waals surface area contributed by atoms with Crippen LogP contribution in [0.2, 0.25) is 0 Å². The highest BCUT2D eigenvalue weighted by atomic mass is 16.5. The fraction of sp³-hybridized carbons (Fsp3) is 0.353. The number of nitrogens with one attached hydrogen (secondary N) is 2. The first-order valence-electron chi connectivity index (χ1n) is 7.46. The molecule has 2 aromatic rings. The van der Waals surface area contributed by atoms with E-state index in [-0.39, 0.29) is 11.3 Å². The van der Waals surface area contributed by atoms with E-state index in [1.807, 2.05) is 20.8 Å². The number of nitrogens with zero attached hydrogens (tertiary/aromatic N) is 2. The van der Waals surface area contributed by atoms with Gasteiger partial charge < -0.3 is 9.47 Å². The zero-order valence-corrected chi connectivity index (χ0v) is 14.5. The Morgan fingerprint density at radius 3 is 2.58 bits per heavy atom. The monoisotopic (exact) mass is 330 g/mol. The number of methoxy groups -OCH3 is 2. The van der Waals surface area contributed by atoms with Crippen molar-refractivity contribution in [2.24, 2.45) is 5.10 Å². The number of hydrogen-bond donors (Lipinski definition) is 2. The van der Waals surface area contributed by atoms with Crippen molar-refractivity contribution in [2.75, 3.05) is 14.2 Å². The van der Waals surface area contributed by atoms with Crippen LogP contribution >= 0.6 is 0 Å². The zero-order chi connectivity index (χ0) is 17.7. The number of amides is 1. The van der Waals surface area contributed by atoms with Gasteiger partial charge in [-0.05, 0) is 18.2 Å². The number of H-pyrrole nitrogens is 1. The summed E-state index contributed by atoms with van der Waals surface area (Å²) in [5.41, 5.74) is 4.24. The summed E-state index contributed by atoms with van der Waals surface area (Å²) >= 11 is 0. The maximum Gasteiger partial charge on any atom is 0.291 e. The normalized spacial score (nSPS) is 11.5. The van der Waals surface area contributed by atoms with Crippen molar-refractivity contribution in [2.45, 2.75) is 26.2 Å². The molecule has 0 aliphatic rings. The van der Waals surface area contributed by atoms with E-state index in [0.717, 1.165) is 11.3 Å². The number of rotatable bonds is 5. The number of benzene rings is 1. The Bertz CT molecular complexity index is 745. The van der Waals surface area contributed by atoms with Gasteiger partial charge >= 0.3 is 0 Å². The lowest BCUT2D eigenvalue weighted by atomic mass is 9.92. The average Bonchev–Trinajstić information content (AvgIpc) is 3.05. The Morgan fingerprint density at radius 1 is 1.25 bits per heavy atom. The third-order valence-corrected chi connectivity index (χ3v) is 3.43. The Balaban J connectivity index is 2.06. The second-order valence-corrected chi connectivity index (χ2v) is 6.22. The molecule has 1 heterocycles. The molecule has 0 fully saturated rings. The van der Waals surface area contributed by atoms with Crippen molar-refractivity contribution >= 4 is 12.1 Å². The molecule has 1 aromatic heterocycles. The van der Waals surface area contributed by atoms with E-state index >= 15 is 0 Å². The van der Waals surface area contributed by atoms with Gasteiger partial charge in [0, 0.05) is 22.7 Å². The molecular weight excluding hydrogens is 308 g/mol. The van der Waals surface area contributed by atoms with E-state index in [1.54, 1.807) is 38.5 Å². The van der Waals surface area contributed by atoms with Crippen molar-refractivity contribution in [3.8, 4) is 11.5 Å². The molecule has 0 aliphatic heterocycles. The molecular formula is C17H22N4O3. The standard InChI is InChI=1S/C17H22N4O3/c1-17(2,3)15-9-13(19-20-15)16(22)21-18-10-11-6-7-12(23-4)8-14(11)24-5/h6-10H,1-5H3,(H,19,20)(H,21,22)/b18-10+. The number of hydrogen-bond acceptors (Lipinski definition) is 5. The highest BCUT2D eigenvalue weighted by molar-refractivity contribution is 5.93. The largest absolute Gasteiger partial charge is 0.497 e. The number of aromatic amines is 1. The molecule has 24 heavy (non-hydrogen) atoms. The first-order valence-corrected chi connectivity index (χ1v) is 7.46. The van der Waals surface area contributed by atoms with Crippen LogP contribution < -0.4 is 14.9 Å². The van der Waals surface area contributed by atoms with Gasteiger partial charge in [-0.15, -0.1) is 0 Å². The van der Waals surface area contributed by atoms with E-state index in [9.17, 15) is 4.79 Å². The molecule has 0 unspecified atom stereocenters. The minimum absolute atomic E-state index is 0.106. The van der Waals surface area contributed by atoms with Crippen LogP contribution in [0.3, 0.4) is 0 Å². The van der Waals surface area contributed by atoms with Crippen LogP contribution in [-0.4, -0.2) is 36.5 Å².